The van der Waals surface area contributed by atoms with Crippen LogP contribution >= 0.6 is 23.7 Å². The number of carbonyl (C=O) groups excluding carboxylic acids is 1. The van der Waals surface area contributed by atoms with Crippen LogP contribution in [0.4, 0.5) is 5.13 Å². The lowest BCUT2D eigenvalue weighted by Crippen LogP contribution is -2.24. The number of rotatable bonds is 2. The van der Waals surface area contributed by atoms with Crippen molar-refractivity contribution in [3.8, 4) is 0 Å². The zero-order chi connectivity index (χ0) is 9.97. The van der Waals surface area contributed by atoms with Crippen molar-refractivity contribution in [2.75, 3.05) is 18.4 Å². The Bertz CT molecular complexity index is 336. The molecule has 1 saturated heterocycles. The molecule has 2 heterocycles. The van der Waals surface area contributed by atoms with Crippen molar-refractivity contribution < 1.29 is 4.79 Å². The van der Waals surface area contributed by atoms with Crippen molar-refractivity contribution in [3.63, 3.8) is 0 Å². The van der Waals surface area contributed by atoms with E-state index in [9.17, 15) is 4.79 Å². The molecule has 0 saturated carbocycles. The normalized spacial score (nSPS) is 19.7. The molecule has 6 heteroatoms. The lowest BCUT2D eigenvalue weighted by atomic mass is 10.1. The molecule has 0 aliphatic carbocycles. The molecule has 1 aliphatic rings. The Labute approximate surface area is 98.9 Å². The van der Waals surface area contributed by atoms with E-state index in [1.165, 1.54) is 11.3 Å². The van der Waals surface area contributed by atoms with Crippen LogP contribution in [0.25, 0.3) is 0 Å². The summed E-state index contributed by atoms with van der Waals surface area (Å²) in [6, 6.07) is 0. The van der Waals surface area contributed by atoms with Gasteiger partial charge in [-0.15, -0.1) is 23.7 Å². The third-order valence-electron chi connectivity index (χ3n) is 2.28. The van der Waals surface area contributed by atoms with Crippen LogP contribution in [-0.4, -0.2) is 24.0 Å². The maximum atomic E-state index is 11.6. The van der Waals surface area contributed by atoms with Crippen LogP contribution in [-0.2, 0) is 4.79 Å². The van der Waals surface area contributed by atoms with Crippen LogP contribution in [0.1, 0.15) is 11.3 Å². The van der Waals surface area contributed by atoms with Crippen molar-refractivity contribution in [2.24, 2.45) is 5.92 Å². The Kier molecular flexibility index (Phi) is 4.50. The minimum Gasteiger partial charge on any atom is -0.316 e. The molecule has 84 valence electrons. The van der Waals surface area contributed by atoms with Gasteiger partial charge in [0.15, 0.2) is 5.13 Å². The van der Waals surface area contributed by atoms with E-state index in [0.717, 1.165) is 24.4 Å². The number of nitrogens with one attached hydrogen (secondary N) is 2. The van der Waals surface area contributed by atoms with Gasteiger partial charge in [0.25, 0.3) is 0 Å². The minimum atomic E-state index is 0. The van der Waals surface area contributed by atoms with E-state index < -0.39 is 0 Å². The number of hydrogen-bond donors (Lipinski definition) is 2. The first-order valence-corrected chi connectivity index (χ1v) is 5.51. The maximum Gasteiger partial charge on any atom is 0.230 e. The number of amides is 1. The number of anilines is 1. The highest BCUT2D eigenvalue weighted by Gasteiger charge is 2.22. The first-order valence-electron chi connectivity index (χ1n) is 4.70. The third-order valence-corrected chi connectivity index (χ3v) is 3.11. The van der Waals surface area contributed by atoms with E-state index in [-0.39, 0.29) is 24.2 Å². The Morgan fingerprint density at radius 1 is 1.73 bits per heavy atom. The number of hydrogen-bond acceptors (Lipinski definition) is 4. The van der Waals surface area contributed by atoms with E-state index in [1.54, 1.807) is 6.20 Å². The molecule has 0 bridgehead atoms. The predicted molar refractivity (Wildman–Crippen MR) is 63.7 cm³/mol. The molecule has 2 rings (SSSR count). The van der Waals surface area contributed by atoms with Gasteiger partial charge in [0.05, 0.1) is 5.92 Å². The van der Waals surface area contributed by atoms with Gasteiger partial charge < -0.3 is 10.6 Å². The molecular formula is C9H14ClN3OS. The summed E-state index contributed by atoms with van der Waals surface area (Å²) < 4.78 is 0. The number of halogens is 1. The topological polar surface area (TPSA) is 54.0 Å². The van der Waals surface area contributed by atoms with Gasteiger partial charge in [-0.1, -0.05) is 0 Å². The standard InChI is InChI=1S/C9H13N3OS.ClH/c1-6-4-11-9(14-6)12-8(13)7-2-3-10-5-7;/h4,7,10H,2-3,5H2,1H3,(H,11,12,13);1H/t7-;/m0./s1. The van der Waals surface area contributed by atoms with Gasteiger partial charge in [-0.3, -0.25) is 4.79 Å². The summed E-state index contributed by atoms with van der Waals surface area (Å²) in [5.74, 6) is 0.198. The van der Waals surface area contributed by atoms with Crippen molar-refractivity contribution in [3.05, 3.63) is 11.1 Å². The molecule has 15 heavy (non-hydrogen) atoms. The SMILES string of the molecule is Cc1cnc(NC(=O)[C@H]2CCNC2)s1.Cl. The highest BCUT2D eigenvalue weighted by atomic mass is 35.5. The van der Waals surface area contributed by atoms with Crippen molar-refractivity contribution in [1.29, 1.82) is 0 Å². The van der Waals surface area contributed by atoms with Gasteiger partial charge in [-0.05, 0) is 19.9 Å². The van der Waals surface area contributed by atoms with E-state index >= 15 is 0 Å². The van der Waals surface area contributed by atoms with Gasteiger partial charge >= 0.3 is 0 Å². The van der Waals surface area contributed by atoms with E-state index in [2.05, 4.69) is 15.6 Å². The molecule has 1 aliphatic heterocycles. The quantitative estimate of drug-likeness (QED) is 0.831. The zero-order valence-electron chi connectivity index (χ0n) is 8.45. The van der Waals surface area contributed by atoms with Gasteiger partial charge in [0.1, 0.15) is 0 Å². The number of nitrogens with zero attached hydrogens (tertiary/aromatic N) is 1. The van der Waals surface area contributed by atoms with Crippen molar-refractivity contribution >= 4 is 34.8 Å². The smallest absolute Gasteiger partial charge is 0.230 e. The fourth-order valence-corrected chi connectivity index (χ4v) is 2.17. The van der Waals surface area contributed by atoms with Crippen LogP contribution < -0.4 is 10.6 Å². The molecular weight excluding hydrogens is 234 g/mol. The summed E-state index contributed by atoms with van der Waals surface area (Å²) in [6.07, 6.45) is 2.70. The molecule has 4 nitrogen and oxygen atoms in total. The Hall–Kier alpha value is -0.650. The number of thiazole rings is 1. The fraction of sp³-hybridized carbons (Fsp3) is 0.556. The maximum absolute atomic E-state index is 11.6. The van der Waals surface area contributed by atoms with Crippen LogP contribution in [0.5, 0.6) is 0 Å². The van der Waals surface area contributed by atoms with Crippen LogP contribution in [0.2, 0.25) is 0 Å². The average molecular weight is 248 g/mol. The molecule has 0 radical (unpaired) electrons. The lowest BCUT2D eigenvalue weighted by Gasteiger charge is -2.06. The van der Waals surface area contributed by atoms with E-state index in [1.807, 2.05) is 6.92 Å². The van der Waals surface area contributed by atoms with Crippen LogP contribution in [0.15, 0.2) is 6.20 Å². The molecule has 2 N–H and O–H groups in total. The molecule has 0 spiro atoms. The highest BCUT2D eigenvalue weighted by molar-refractivity contribution is 7.15. The first-order chi connectivity index (χ1) is 6.75. The predicted octanol–water partition coefficient (Wildman–Crippen LogP) is 1.42. The summed E-state index contributed by atoms with van der Waals surface area (Å²) in [6.45, 7) is 3.70. The Morgan fingerprint density at radius 3 is 3.07 bits per heavy atom. The van der Waals surface area contributed by atoms with Crippen molar-refractivity contribution in [2.45, 2.75) is 13.3 Å². The lowest BCUT2D eigenvalue weighted by molar-refractivity contribution is -0.119. The summed E-state index contributed by atoms with van der Waals surface area (Å²) in [7, 11) is 0. The summed E-state index contributed by atoms with van der Waals surface area (Å²) in [5.41, 5.74) is 0. The molecule has 1 aromatic rings. The van der Waals surface area contributed by atoms with Gasteiger partial charge in [-0.25, -0.2) is 4.98 Å². The number of aryl methyl sites for hydroxylation is 1. The van der Waals surface area contributed by atoms with Gasteiger partial charge in [0.2, 0.25) is 5.91 Å². The first kappa shape index (κ1) is 12.4. The Balaban J connectivity index is 0.00000112. The molecule has 1 aromatic heterocycles. The highest BCUT2D eigenvalue weighted by Crippen LogP contribution is 2.18. The number of carbonyl (C=O) groups is 1. The Morgan fingerprint density at radius 2 is 2.53 bits per heavy atom. The fourth-order valence-electron chi connectivity index (χ4n) is 1.50. The minimum absolute atomic E-state index is 0. The van der Waals surface area contributed by atoms with Gasteiger partial charge in [0, 0.05) is 17.6 Å². The van der Waals surface area contributed by atoms with Crippen LogP contribution in [0.3, 0.4) is 0 Å². The van der Waals surface area contributed by atoms with Gasteiger partial charge in [-0.2, -0.15) is 0 Å². The van der Waals surface area contributed by atoms with Crippen LogP contribution in [0, 0.1) is 12.8 Å². The molecule has 1 atom stereocenters. The van der Waals surface area contributed by atoms with E-state index in [4.69, 9.17) is 0 Å². The molecule has 1 amide bonds. The second-order valence-electron chi connectivity index (χ2n) is 3.46. The average Bonchev–Trinajstić information content (AvgIpc) is 2.75. The molecule has 0 unspecified atom stereocenters. The second kappa shape index (κ2) is 5.44. The summed E-state index contributed by atoms with van der Waals surface area (Å²) in [5, 5.41) is 6.71. The zero-order valence-corrected chi connectivity index (χ0v) is 10.1. The second-order valence-corrected chi connectivity index (χ2v) is 4.69. The number of aromatic nitrogens is 1. The van der Waals surface area contributed by atoms with E-state index in [0.29, 0.717) is 5.13 Å². The molecule has 0 aromatic carbocycles. The monoisotopic (exact) mass is 247 g/mol. The summed E-state index contributed by atoms with van der Waals surface area (Å²) in [4.78, 5) is 16.8. The molecule has 1 fully saturated rings. The van der Waals surface area contributed by atoms with Crippen molar-refractivity contribution in [1.82, 2.24) is 10.3 Å². The largest absolute Gasteiger partial charge is 0.316 e. The summed E-state index contributed by atoms with van der Waals surface area (Å²) >= 11 is 1.51. The third kappa shape index (κ3) is 3.15.